The van der Waals surface area contributed by atoms with Crippen molar-refractivity contribution in [3.8, 4) is 16.9 Å². The van der Waals surface area contributed by atoms with Gasteiger partial charge in [0.05, 0.1) is 5.56 Å². The number of benzene rings is 2. The summed E-state index contributed by atoms with van der Waals surface area (Å²) in [6.07, 6.45) is -4.52. The highest BCUT2D eigenvalue weighted by Crippen LogP contribution is 2.41. The van der Waals surface area contributed by atoms with E-state index in [0.29, 0.717) is 5.02 Å². The van der Waals surface area contributed by atoms with Crippen LogP contribution in [0.5, 0.6) is 5.75 Å². The molecule has 2 aromatic rings. The summed E-state index contributed by atoms with van der Waals surface area (Å²) >= 11 is 5.68. The van der Waals surface area contributed by atoms with E-state index in [2.05, 4.69) is 0 Å². The first-order valence-electron chi connectivity index (χ1n) is 5.04. The number of halogens is 4. The first-order chi connectivity index (χ1) is 8.39. The molecule has 0 radical (unpaired) electrons. The van der Waals surface area contributed by atoms with Crippen LogP contribution in [0.1, 0.15) is 5.56 Å². The van der Waals surface area contributed by atoms with Gasteiger partial charge in [-0.15, -0.1) is 0 Å². The zero-order chi connectivity index (χ0) is 13.3. The van der Waals surface area contributed by atoms with Gasteiger partial charge in [0.25, 0.3) is 0 Å². The summed E-state index contributed by atoms with van der Waals surface area (Å²) in [4.78, 5) is 0. The van der Waals surface area contributed by atoms with Gasteiger partial charge in [0, 0.05) is 10.6 Å². The second-order valence-corrected chi connectivity index (χ2v) is 4.14. The maximum Gasteiger partial charge on any atom is 0.417 e. The van der Waals surface area contributed by atoms with Gasteiger partial charge in [-0.1, -0.05) is 29.8 Å². The Labute approximate surface area is 106 Å². The van der Waals surface area contributed by atoms with E-state index < -0.39 is 17.5 Å². The molecule has 2 rings (SSSR count). The summed E-state index contributed by atoms with van der Waals surface area (Å²) in [6.45, 7) is 0. The van der Waals surface area contributed by atoms with Crippen LogP contribution in [0, 0.1) is 0 Å². The Kier molecular flexibility index (Phi) is 3.22. The lowest BCUT2D eigenvalue weighted by molar-refractivity contribution is -0.137. The van der Waals surface area contributed by atoms with Crippen LogP contribution in [0.25, 0.3) is 11.1 Å². The predicted octanol–water partition coefficient (Wildman–Crippen LogP) is 4.73. The molecule has 0 aliphatic rings. The summed E-state index contributed by atoms with van der Waals surface area (Å²) in [7, 11) is 0. The minimum atomic E-state index is -4.52. The van der Waals surface area contributed by atoms with Crippen molar-refractivity contribution in [1.82, 2.24) is 0 Å². The van der Waals surface area contributed by atoms with Crippen molar-refractivity contribution in [3.63, 3.8) is 0 Å². The molecule has 0 atom stereocenters. The quantitative estimate of drug-likeness (QED) is 0.795. The first kappa shape index (κ1) is 12.8. The topological polar surface area (TPSA) is 20.2 Å². The van der Waals surface area contributed by atoms with Crippen molar-refractivity contribution in [1.29, 1.82) is 0 Å². The van der Waals surface area contributed by atoms with Gasteiger partial charge in [-0.25, -0.2) is 0 Å². The Morgan fingerprint density at radius 3 is 2.11 bits per heavy atom. The van der Waals surface area contributed by atoms with Gasteiger partial charge in [0.1, 0.15) is 5.75 Å². The zero-order valence-corrected chi connectivity index (χ0v) is 9.76. The van der Waals surface area contributed by atoms with Crippen LogP contribution in [-0.4, -0.2) is 5.11 Å². The van der Waals surface area contributed by atoms with Crippen molar-refractivity contribution < 1.29 is 18.3 Å². The molecule has 0 heterocycles. The normalized spacial score (nSPS) is 11.6. The van der Waals surface area contributed by atoms with Crippen molar-refractivity contribution in [2.45, 2.75) is 6.18 Å². The van der Waals surface area contributed by atoms with Crippen molar-refractivity contribution in [2.24, 2.45) is 0 Å². The van der Waals surface area contributed by atoms with Crippen LogP contribution in [0.3, 0.4) is 0 Å². The van der Waals surface area contributed by atoms with Crippen LogP contribution < -0.4 is 0 Å². The fourth-order valence-electron chi connectivity index (χ4n) is 1.70. The van der Waals surface area contributed by atoms with E-state index in [1.165, 1.54) is 30.3 Å². The Morgan fingerprint density at radius 2 is 1.56 bits per heavy atom. The Hall–Kier alpha value is -1.68. The first-order valence-corrected chi connectivity index (χ1v) is 5.42. The minimum Gasteiger partial charge on any atom is -0.507 e. The number of hydrogen-bond acceptors (Lipinski definition) is 1. The van der Waals surface area contributed by atoms with Gasteiger partial charge < -0.3 is 5.11 Å². The second-order valence-electron chi connectivity index (χ2n) is 3.70. The third-order valence-corrected chi connectivity index (χ3v) is 2.73. The van der Waals surface area contributed by atoms with E-state index in [0.717, 1.165) is 12.1 Å². The SMILES string of the molecule is Oc1cccc(C(F)(F)F)c1-c1ccc(Cl)cc1. The predicted molar refractivity (Wildman–Crippen MR) is 63.6 cm³/mol. The van der Waals surface area contributed by atoms with Crippen LogP contribution in [0.4, 0.5) is 13.2 Å². The highest BCUT2D eigenvalue weighted by atomic mass is 35.5. The highest BCUT2D eigenvalue weighted by Gasteiger charge is 2.34. The summed E-state index contributed by atoms with van der Waals surface area (Å²) in [6, 6.07) is 9.15. The molecule has 0 saturated carbocycles. The number of rotatable bonds is 1. The number of phenols is 1. The lowest BCUT2D eigenvalue weighted by atomic mass is 9.98. The summed E-state index contributed by atoms with van der Waals surface area (Å²) in [5, 5.41) is 10.1. The molecule has 0 aromatic heterocycles. The Morgan fingerprint density at radius 1 is 0.944 bits per heavy atom. The number of alkyl halides is 3. The van der Waals surface area contributed by atoms with Crippen molar-refractivity contribution in [3.05, 3.63) is 53.1 Å². The van der Waals surface area contributed by atoms with E-state index >= 15 is 0 Å². The van der Waals surface area contributed by atoms with Gasteiger partial charge in [-0.05, 0) is 29.8 Å². The van der Waals surface area contributed by atoms with Crippen LogP contribution in [-0.2, 0) is 6.18 Å². The number of aromatic hydroxyl groups is 1. The van der Waals surface area contributed by atoms with Crippen molar-refractivity contribution in [2.75, 3.05) is 0 Å². The van der Waals surface area contributed by atoms with E-state index in [4.69, 9.17) is 11.6 Å². The molecule has 2 aromatic carbocycles. The Balaban J connectivity index is 2.66. The lowest BCUT2D eigenvalue weighted by Crippen LogP contribution is -2.07. The van der Waals surface area contributed by atoms with Crippen LogP contribution in [0.15, 0.2) is 42.5 Å². The molecule has 0 unspecified atom stereocenters. The van der Waals surface area contributed by atoms with E-state index in [9.17, 15) is 18.3 Å². The van der Waals surface area contributed by atoms with Gasteiger partial charge in [-0.2, -0.15) is 13.2 Å². The van der Waals surface area contributed by atoms with Crippen LogP contribution in [0.2, 0.25) is 5.02 Å². The van der Waals surface area contributed by atoms with E-state index in [-0.39, 0.29) is 11.1 Å². The number of hydrogen-bond donors (Lipinski definition) is 1. The molecule has 0 spiro atoms. The molecule has 1 nitrogen and oxygen atoms in total. The Bertz CT molecular complexity index is 561. The minimum absolute atomic E-state index is 0.235. The van der Waals surface area contributed by atoms with Gasteiger partial charge in [0.15, 0.2) is 0 Å². The zero-order valence-electron chi connectivity index (χ0n) is 9.00. The summed E-state index contributed by atoms with van der Waals surface area (Å²) in [5.41, 5.74) is -0.837. The highest BCUT2D eigenvalue weighted by molar-refractivity contribution is 6.30. The number of phenolic OH excluding ortho intramolecular Hbond substituents is 1. The molecule has 1 N–H and O–H groups in total. The lowest BCUT2D eigenvalue weighted by Gasteiger charge is -2.14. The average Bonchev–Trinajstić information content (AvgIpc) is 2.29. The average molecular weight is 273 g/mol. The second kappa shape index (κ2) is 4.53. The maximum atomic E-state index is 12.9. The van der Waals surface area contributed by atoms with Gasteiger partial charge in [0.2, 0.25) is 0 Å². The molecule has 0 bridgehead atoms. The third kappa shape index (κ3) is 2.43. The van der Waals surface area contributed by atoms with Gasteiger partial charge >= 0.3 is 6.18 Å². The molecule has 18 heavy (non-hydrogen) atoms. The smallest absolute Gasteiger partial charge is 0.417 e. The molecule has 0 aliphatic heterocycles. The monoisotopic (exact) mass is 272 g/mol. The summed E-state index contributed by atoms with van der Waals surface area (Å²) in [5.74, 6) is -0.410. The van der Waals surface area contributed by atoms with E-state index in [1.807, 2.05) is 0 Å². The standard InChI is InChI=1S/C13H8ClF3O/c14-9-6-4-8(5-7-9)12-10(13(15,16)17)2-1-3-11(12)18/h1-7,18H. The fourth-order valence-corrected chi connectivity index (χ4v) is 1.82. The molecule has 0 fully saturated rings. The molecule has 0 aliphatic carbocycles. The van der Waals surface area contributed by atoms with Crippen molar-refractivity contribution >= 4 is 11.6 Å². The largest absolute Gasteiger partial charge is 0.507 e. The molecular formula is C13H8ClF3O. The van der Waals surface area contributed by atoms with Gasteiger partial charge in [-0.3, -0.25) is 0 Å². The third-order valence-electron chi connectivity index (χ3n) is 2.48. The molecule has 5 heteroatoms. The molecule has 94 valence electrons. The maximum absolute atomic E-state index is 12.9. The summed E-state index contributed by atoms with van der Waals surface area (Å²) < 4.78 is 38.6. The van der Waals surface area contributed by atoms with Crippen LogP contribution >= 0.6 is 11.6 Å². The molecular weight excluding hydrogens is 265 g/mol. The fraction of sp³-hybridized carbons (Fsp3) is 0.0769. The molecule has 0 amide bonds. The van der Waals surface area contributed by atoms with E-state index in [1.54, 1.807) is 0 Å². The molecule has 0 saturated heterocycles.